The monoisotopic (exact) mass is 318 g/mol. The van der Waals surface area contributed by atoms with E-state index in [1.807, 2.05) is 24.3 Å². The number of esters is 1. The molecule has 0 amide bonds. The molecule has 4 rings (SSSR count). The maximum atomic E-state index is 11.9. The Kier molecular flexibility index (Phi) is 3.53. The summed E-state index contributed by atoms with van der Waals surface area (Å²) in [4.78, 5) is 20.9. The highest BCUT2D eigenvalue weighted by atomic mass is 16.5. The molecule has 4 heteroatoms. The first-order chi connectivity index (χ1) is 11.7. The van der Waals surface area contributed by atoms with E-state index in [9.17, 15) is 4.79 Å². The number of aromatic nitrogens is 2. The zero-order valence-corrected chi connectivity index (χ0v) is 13.7. The van der Waals surface area contributed by atoms with Gasteiger partial charge < -0.3 is 4.74 Å². The van der Waals surface area contributed by atoms with Crippen molar-refractivity contribution in [2.75, 3.05) is 7.11 Å². The third kappa shape index (κ3) is 2.44. The van der Waals surface area contributed by atoms with E-state index in [-0.39, 0.29) is 5.97 Å². The van der Waals surface area contributed by atoms with Gasteiger partial charge in [-0.25, -0.2) is 14.8 Å². The van der Waals surface area contributed by atoms with Crippen LogP contribution in [0.15, 0.2) is 42.7 Å². The SMILES string of the molecule is COC(=O)c1ccc2cccc(-c3ncnc(C4CC4)c3C)c2c1. The minimum Gasteiger partial charge on any atom is -0.465 e. The lowest BCUT2D eigenvalue weighted by Crippen LogP contribution is -2.01. The van der Waals surface area contributed by atoms with Gasteiger partial charge in [-0.15, -0.1) is 0 Å². The minimum atomic E-state index is -0.329. The zero-order chi connectivity index (χ0) is 16.7. The van der Waals surface area contributed by atoms with Crippen molar-refractivity contribution in [2.24, 2.45) is 0 Å². The number of hydrogen-bond donors (Lipinski definition) is 0. The van der Waals surface area contributed by atoms with Crippen LogP contribution >= 0.6 is 0 Å². The first kappa shape index (κ1) is 14.8. The number of methoxy groups -OCH3 is 1. The van der Waals surface area contributed by atoms with Gasteiger partial charge in [-0.05, 0) is 48.2 Å². The van der Waals surface area contributed by atoms with E-state index in [4.69, 9.17) is 4.74 Å². The molecular formula is C20H18N2O2. The molecule has 1 aromatic heterocycles. The highest BCUT2D eigenvalue weighted by Crippen LogP contribution is 2.42. The molecular weight excluding hydrogens is 300 g/mol. The summed E-state index contributed by atoms with van der Waals surface area (Å²) >= 11 is 0. The molecule has 24 heavy (non-hydrogen) atoms. The Balaban J connectivity index is 1.93. The normalized spacial score (nSPS) is 13.9. The number of rotatable bonds is 3. The largest absolute Gasteiger partial charge is 0.465 e. The maximum absolute atomic E-state index is 11.9. The average Bonchev–Trinajstić information content (AvgIpc) is 3.45. The molecule has 1 aliphatic rings. The highest BCUT2D eigenvalue weighted by molar-refractivity contribution is 6.01. The molecule has 1 aliphatic carbocycles. The van der Waals surface area contributed by atoms with Gasteiger partial charge in [0.1, 0.15) is 6.33 Å². The van der Waals surface area contributed by atoms with E-state index in [1.165, 1.54) is 20.0 Å². The second-order valence-corrected chi connectivity index (χ2v) is 6.24. The Morgan fingerprint density at radius 3 is 2.75 bits per heavy atom. The summed E-state index contributed by atoms with van der Waals surface area (Å²) in [5.74, 6) is 0.247. The van der Waals surface area contributed by atoms with Gasteiger partial charge in [0.15, 0.2) is 0 Å². The van der Waals surface area contributed by atoms with Crippen molar-refractivity contribution in [1.82, 2.24) is 9.97 Å². The summed E-state index contributed by atoms with van der Waals surface area (Å²) in [5, 5.41) is 2.08. The van der Waals surface area contributed by atoms with Crippen LogP contribution in [0.2, 0.25) is 0 Å². The summed E-state index contributed by atoms with van der Waals surface area (Å²) < 4.78 is 4.85. The van der Waals surface area contributed by atoms with Crippen molar-refractivity contribution < 1.29 is 9.53 Å². The van der Waals surface area contributed by atoms with Gasteiger partial charge in [-0.1, -0.05) is 24.3 Å². The van der Waals surface area contributed by atoms with E-state index in [1.54, 1.807) is 12.4 Å². The van der Waals surface area contributed by atoms with E-state index in [0.29, 0.717) is 11.5 Å². The van der Waals surface area contributed by atoms with Crippen LogP contribution in [-0.2, 0) is 4.74 Å². The molecule has 1 saturated carbocycles. The molecule has 0 unspecified atom stereocenters. The molecule has 0 bridgehead atoms. The molecule has 3 aromatic rings. The zero-order valence-electron chi connectivity index (χ0n) is 13.7. The van der Waals surface area contributed by atoms with Crippen molar-refractivity contribution in [3.05, 3.63) is 59.5 Å². The van der Waals surface area contributed by atoms with Gasteiger partial charge in [0.25, 0.3) is 0 Å². The predicted molar refractivity (Wildman–Crippen MR) is 93.0 cm³/mol. The van der Waals surface area contributed by atoms with Crippen LogP contribution in [0.25, 0.3) is 22.0 Å². The predicted octanol–water partition coefficient (Wildman–Crippen LogP) is 4.27. The van der Waals surface area contributed by atoms with E-state index >= 15 is 0 Å². The maximum Gasteiger partial charge on any atom is 0.337 e. The number of nitrogens with zero attached hydrogens (tertiary/aromatic N) is 2. The molecule has 0 atom stereocenters. The standard InChI is InChI=1S/C20H18N2O2/c1-12-18(14-7-8-14)21-11-22-19(12)16-5-3-4-13-6-9-15(10-17(13)16)20(23)24-2/h3-6,9-11,14H,7-8H2,1-2H3. The fourth-order valence-electron chi connectivity index (χ4n) is 3.23. The third-order valence-corrected chi connectivity index (χ3v) is 4.65. The second kappa shape index (κ2) is 5.71. The Labute approximate surface area is 140 Å². The van der Waals surface area contributed by atoms with Crippen LogP contribution in [0, 0.1) is 6.92 Å². The van der Waals surface area contributed by atoms with Crippen LogP contribution in [0.1, 0.15) is 40.4 Å². The molecule has 0 spiro atoms. The number of carbonyl (C=O) groups excluding carboxylic acids is 1. The number of carbonyl (C=O) groups is 1. The van der Waals surface area contributed by atoms with E-state index in [0.717, 1.165) is 33.3 Å². The number of benzene rings is 2. The topological polar surface area (TPSA) is 52.1 Å². The van der Waals surface area contributed by atoms with Gasteiger partial charge in [-0.3, -0.25) is 0 Å². The fraction of sp³-hybridized carbons (Fsp3) is 0.250. The summed E-state index contributed by atoms with van der Waals surface area (Å²) in [6.45, 7) is 2.09. The summed E-state index contributed by atoms with van der Waals surface area (Å²) in [7, 11) is 1.40. The smallest absolute Gasteiger partial charge is 0.337 e. The van der Waals surface area contributed by atoms with Crippen LogP contribution in [-0.4, -0.2) is 23.0 Å². The summed E-state index contributed by atoms with van der Waals surface area (Å²) in [6.07, 6.45) is 4.07. The Bertz CT molecular complexity index is 946. The van der Waals surface area contributed by atoms with E-state index in [2.05, 4.69) is 23.0 Å². The van der Waals surface area contributed by atoms with Crippen LogP contribution in [0.3, 0.4) is 0 Å². The molecule has 1 fully saturated rings. The number of hydrogen-bond acceptors (Lipinski definition) is 4. The van der Waals surface area contributed by atoms with Gasteiger partial charge >= 0.3 is 5.97 Å². The summed E-state index contributed by atoms with van der Waals surface area (Å²) in [6, 6.07) is 11.7. The van der Waals surface area contributed by atoms with Crippen molar-refractivity contribution in [3.63, 3.8) is 0 Å². The Morgan fingerprint density at radius 2 is 2.00 bits per heavy atom. The molecule has 2 aromatic carbocycles. The van der Waals surface area contributed by atoms with Crippen molar-refractivity contribution in [2.45, 2.75) is 25.7 Å². The molecule has 0 aliphatic heterocycles. The quantitative estimate of drug-likeness (QED) is 0.677. The van der Waals surface area contributed by atoms with Gasteiger partial charge in [0.05, 0.1) is 24.1 Å². The molecule has 0 N–H and O–H groups in total. The first-order valence-electron chi connectivity index (χ1n) is 8.12. The molecule has 120 valence electrons. The fourth-order valence-corrected chi connectivity index (χ4v) is 3.23. The number of fused-ring (bicyclic) bond motifs is 1. The molecule has 0 saturated heterocycles. The Morgan fingerprint density at radius 1 is 1.17 bits per heavy atom. The van der Waals surface area contributed by atoms with Crippen LogP contribution < -0.4 is 0 Å². The third-order valence-electron chi connectivity index (χ3n) is 4.65. The second-order valence-electron chi connectivity index (χ2n) is 6.24. The number of ether oxygens (including phenoxy) is 1. The molecule has 0 radical (unpaired) electrons. The molecule has 1 heterocycles. The van der Waals surface area contributed by atoms with Gasteiger partial charge in [0.2, 0.25) is 0 Å². The minimum absolute atomic E-state index is 0.329. The van der Waals surface area contributed by atoms with Gasteiger partial charge in [-0.2, -0.15) is 0 Å². The van der Waals surface area contributed by atoms with Crippen LogP contribution in [0.5, 0.6) is 0 Å². The first-order valence-corrected chi connectivity index (χ1v) is 8.12. The lowest BCUT2D eigenvalue weighted by molar-refractivity contribution is 0.0601. The average molecular weight is 318 g/mol. The highest BCUT2D eigenvalue weighted by Gasteiger charge is 2.28. The van der Waals surface area contributed by atoms with Crippen molar-refractivity contribution in [1.29, 1.82) is 0 Å². The lowest BCUT2D eigenvalue weighted by atomic mass is 9.96. The van der Waals surface area contributed by atoms with Crippen molar-refractivity contribution >= 4 is 16.7 Å². The lowest BCUT2D eigenvalue weighted by Gasteiger charge is -2.12. The Hall–Kier alpha value is -2.75. The van der Waals surface area contributed by atoms with Crippen LogP contribution in [0.4, 0.5) is 0 Å². The summed E-state index contributed by atoms with van der Waals surface area (Å²) in [5.41, 5.74) is 4.81. The van der Waals surface area contributed by atoms with Crippen molar-refractivity contribution in [3.8, 4) is 11.3 Å². The van der Waals surface area contributed by atoms with Gasteiger partial charge in [0, 0.05) is 11.5 Å². The van der Waals surface area contributed by atoms with E-state index < -0.39 is 0 Å². The molecule has 4 nitrogen and oxygen atoms in total.